The van der Waals surface area contributed by atoms with Gasteiger partial charge in [0.15, 0.2) is 17.3 Å². The van der Waals surface area contributed by atoms with Crippen molar-refractivity contribution in [1.29, 1.82) is 0 Å². The maximum absolute atomic E-state index is 12.7. The first-order chi connectivity index (χ1) is 12.6. The summed E-state index contributed by atoms with van der Waals surface area (Å²) < 4.78 is 26.5. The van der Waals surface area contributed by atoms with Gasteiger partial charge >= 0.3 is 0 Å². The Kier molecular flexibility index (Phi) is 6.49. The minimum absolute atomic E-state index is 0.243. The van der Waals surface area contributed by atoms with Gasteiger partial charge in [0.1, 0.15) is 17.1 Å². The van der Waals surface area contributed by atoms with Crippen LogP contribution in [0.25, 0.3) is 6.08 Å². The second-order valence-corrected chi connectivity index (χ2v) is 5.19. The number of benzene rings is 2. The van der Waals surface area contributed by atoms with Crippen molar-refractivity contribution < 1.29 is 28.5 Å². The van der Waals surface area contributed by atoms with E-state index >= 15 is 0 Å². The van der Waals surface area contributed by atoms with E-state index in [9.17, 15) is 4.79 Å². The predicted molar refractivity (Wildman–Crippen MR) is 99.0 cm³/mol. The average molecular weight is 358 g/mol. The Balaban J connectivity index is 2.40. The van der Waals surface area contributed by atoms with Gasteiger partial charge in [-0.3, -0.25) is 4.79 Å². The summed E-state index contributed by atoms with van der Waals surface area (Å²) >= 11 is 0. The highest BCUT2D eigenvalue weighted by Gasteiger charge is 2.16. The standard InChI is InChI=1S/C20H22O6/c1-22-15-7-6-8-16(23-2)19(15)14(21)10-9-13-11-17(24-3)20(26-5)18(12-13)25-4/h6-12H,1-5H3. The van der Waals surface area contributed by atoms with Crippen LogP contribution in [0, 0.1) is 0 Å². The Labute approximate surface area is 152 Å². The van der Waals surface area contributed by atoms with Gasteiger partial charge in [0.05, 0.1) is 35.5 Å². The van der Waals surface area contributed by atoms with Crippen LogP contribution in [0.5, 0.6) is 28.7 Å². The molecule has 0 aliphatic heterocycles. The van der Waals surface area contributed by atoms with Crippen LogP contribution in [0.3, 0.4) is 0 Å². The Morgan fingerprint density at radius 3 is 1.69 bits per heavy atom. The minimum atomic E-state index is -0.243. The smallest absolute Gasteiger partial charge is 0.203 e. The summed E-state index contributed by atoms with van der Waals surface area (Å²) in [6.45, 7) is 0. The van der Waals surface area contributed by atoms with Gasteiger partial charge in [-0.1, -0.05) is 12.1 Å². The molecular weight excluding hydrogens is 336 g/mol. The molecule has 138 valence electrons. The van der Waals surface area contributed by atoms with Gasteiger partial charge in [0.25, 0.3) is 0 Å². The zero-order chi connectivity index (χ0) is 19.1. The summed E-state index contributed by atoms with van der Waals surface area (Å²) in [7, 11) is 7.63. The number of carbonyl (C=O) groups is 1. The molecule has 2 aromatic carbocycles. The molecule has 6 nitrogen and oxygen atoms in total. The number of rotatable bonds is 8. The number of carbonyl (C=O) groups excluding carboxylic acids is 1. The van der Waals surface area contributed by atoms with E-state index in [1.54, 1.807) is 36.4 Å². The number of hydrogen-bond acceptors (Lipinski definition) is 6. The molecule has 26 heavy (non-hydrogen) atoms. The molecule has 2 aromatic rings. The molecule has 0 heterocycles. The van der Waals surface area contributed by atoms with Gasteiger partial charge in [-0.15, -0.1) is 0 Å². The average Bonchev–Trinajstić information content (AvgIpc) is 2.70. The Morgan fingerprint density at radius 1 is 0.769 bits per heavy atom. The highest BCUT2D eigenvalue weighted by Crippen LogP contribution is 2.38. The minimum Gasteiger partial charge on any atom is -0.496 e. The van der Waals surface area contributed by atoms with Crippen LogP contribution in [-0.2, 0) is 0 Å². The van der Waals surface area contributed by atoms with Gasteiger partial charge < -0.3 is 23.7 Å². The normalized spacial score (nSPS) is 10.5. The molecule has 2 rings (SSSR count). The van der Waals surface area contributed by atoms with Crippen molar-refractivity contribution in [3.8, 4) is 28.7 Å². The fourth-order valence-corrected chi connectivity index (χ4v) is 2.55. The third-order valence-electron chi connectivity index (χ3n) is 3.79. The number of methoxy groups -OCH3 is 5. The topological polar surface area (TPSA) is 63.2 Å². The number of ether oxygens (including phenoxy) is 5. The van der Waals surface area contributed by atoms with E-state index in [-0.39, 0.29) is 5.78 Å². The van der Waals surface area contributed by atoms with Gasteiger partial charge in [-0.2, -0.15) is 0 Å². The SMILES string of the molecule is COc1cc(C=CC(=O)c2c(OC)cccc2OC)cc(OC)c1OC. The molecule has 0 fully saturated rings. The zero-order valence-corrected chi connectivity index (χ0v) is 15.5. The lowest BCUT2D eigenvalue weighted by Crippen LogP contribution is -2.02. The maximum atomic E-state index is 12.7. The summed E-state index contributed by atoms with van der Waals surface area (Å²) in [6.07, 6.45) is 3.11. The molecule has 0 aromatic heterocycles. The first-order valence-corrected chi connectivity index (χ1v) is 7.83. The van der Waals surface area contributed by atoms with Crippen LogP contribution in [-0.4, -0.2) is 41.3 Å². The van der Waals surface area contributed by atoms with Crippen molar-refractivity contribution in [3.05, 3.63) is 47.5 Å². The molecule has 0 atom stereocenters. The molecule has 0 aliphatic rings. The fourth-order valence-electron chi connectivity index (χ4n) is 2.55. The third kappa shape index (κ3) is 3.91. The van der Waals surface area contributed by atoms with Crippen molar-refractivity contribution >= 4 is 11.9 Å². The fraction of sp³-hybridized carbons (Fsp3) is 0.250. The van der Waals surface area contributed by atoms with Crippen LogP contribution in [0.15, 0.2) is 36.4 Å². The van der Waals surface area contributed by atoms with Crippen LogP contribution in [0.1, 0.15) is 15.9 Å². The molecular formula is C20H22O6. The van der Waals surface area contributed by atoms with Crippen LogP contribution in [0.4, 0.5) is 0 Å². The highest BCUT2D eigenvalue weighted by molar-refractivity contribution is 6.10. The Morgan fingerprint density at radius 2 is 1.27 bits per heavy atom. The molecule has 0 radical (unpaired) electrons. The number of hydrogen-bond donors (Lipinski definition) is 0. The second kappa shape index (κ2) is 8.80. The third-order valence-corrected chi connectivity index (χ3v) is 3.79. The van der Waals surface area contributed by atoms with Gasteiger partial charge in [-0.25, -0.2) is 0 Å². The summed E-state index contributed by atoms with van der Waals surface area (Å²) in [4.78, 5) is 12.7. The lowest BCUT2D eigenvalue weighted by atomic mass is 10.1. The Hall–Kier alpha value is -3.15. The van der Waals surface area contributed by atoms with Gasteiger partial charge in [0, 0.05) is 0 Å². The lowest BCUT2D eigenvalue weighted by molar-refractivity contribution is 0.104. The van der Waals surface area contributed by atoms with E-state index in [1.165, 1.54) is 41.6 Å². The van der Waals surface area contributed by atoms with Gasteiger partial charge in [-0.05, 0) is 35.9 Å². The van der Waals surface area contributed by atoms with E-state index in [0.29, 0.717) is 34.3 Å². The summed E-state index contributed by atoms with van der Waals surface area (Å²) in [6, 6.07) is 8.69. The molecule has 0 unspecified atom stereocenters. The lowest BCUT2D eigenvalue weighted by Gasteiger charge is -2.13. The van der Waals surface area contributed by atoms with Crippen LogP contribution < -0.4 is 23.7 Å². The van der Waals surface area contributed by atoms with E-state index in [1.807, 2.05) is 0 Å². The summed E-state index contributed by atoms with van der Waals surface area (Å²) in [5.41, 5.74) is 1.09. The van der Waals surface area contributed by atoms with Crippen molar-refractivity contribution in [2.24, 2.45) is 0 Å². The first kappa shape index (κ1) is 19.2. The summed E-state index contributed by atoms with van der Waals surface area (Å²) in [5, 5.41) is 0. The summed E-state index contributed by atoms with van der Waals surface area (Å²) in [5.74, 6) is 2.16. The maximum Gasteiger partial charge on any atom is 0.203 e. The van der Waals surface area contributed by atoms with E-state index in [2.05, 4.69) is 0 Å². The van der Waals surface area contributed by atoms with Crippen molar-refractivity contribution in [2.45, 2.75) is 0 Å². The molecule has 0 saturated carbocycles. The van der Waals surface area contributed by atoms with Crippen molar-refractivity contribution in [2.75, 3.05) is 35.5 Å². The molecule has 0 saturated heterocycles. The Bertz CT molecular complexity index is 763. The first-order valence-electron chi connectivity index (χ1n) is 7.83. The number of ketones is 1. The van der Waals surface area contributed by atoms with E-state index in [4.69, 9.17) is 23.7 Å². The molecule has 0 aliphatic carbocycles. The van der Waals surface area contributed by atoms with Crippen LogP contribution >= 0.6 is 0 Å². The van der Waals surface area contributed by atoms with Gasteiger partial charge in [0.2, 0.25) is 5.75 Å². The van der Waals surface area contributed by atoms with Crippen LogP contribution in [0.2, 0.25) is 0 Å². The molecule has 0 spiro atoms. The number of allylic oxidation sites excluding steroid dienone is 1. The largest absolute Gasteiger partial charge is 0.496 e. The molecule has 0 N–H and O–H groups in total. The van der Waals surface area contributed by atoms with E-state index < -0.39 is 0 Å². The predicted octanol–water partition coefficient (Wildman–Crippen LogP) is 3.63. The van der Waals surface area contributed by atoms with Crippen molar-refractivity contribution in [1.82, 2.24) is 0 Å². The molecule has 0 amide bonds. The van der Waals surface area contributed by atoms with E-state index in [0.717, 1.165) is 5.56 Å². The molecule has 0 bridgehead atoms. The van der Waals surface area contributed by atoms with Crippen molar-refractivity contribution in [3.63, 3.8) is 0 Å². The monoisotopic (exact) mass is 358 g/mol. The molecule has 6 heteroatoms. The second-order valence-electron chi connectivity index (χ2n) is 5.19. The quantitative estimate of drug-likeness (QED) is 0.530. The zero-order valence-electron chi connectivity index (χ0n) is 15.5. The highest BCUT2D eigenvalue weighted by atomic mass is 16.5.